The number of carbonyl (C=O) groups is 3. The van der Waals surface area contributed by atoms with Crippen molar-refractivity contribution >= 4 is 55.9 Å². The molecule has 7 heteroatoms. The summed E-state index contributed by atoms with van der Waals surface area (Å²) in [6.07, 6.45) is 0.371. The van der Waals surface area contributed by atoms with Crippen LogP contribution in [-0.2, 0) is 21.0 Å². The highest BCUT2D eigenvalue weighted by Gasteiger charge is 2.18. The van der Waals surface area contributed by atoms with Crippen LogP contribution in [0.25, 0.3) is 32.6 Å². The van der Waals surface area contributed by atoms with Gasteiger partial charge in [-0.2, -0.15) is 0 Å². The standard InChI is InChI=1S/C33H31N3O4/c1-5-36-31-15-13-24(30(35-40-22(4)38)17-20(2)34-21(3)37)18-28(31)29-19-25(14-16-32(29)36)33(39)27-12-8-10-23-9-6-7-11-26(23)27/h6-16,18-20H,5,17H2,1-4H3,(H,34,37). The molecule has 1 N–H and O–H groups in total. The van der Waals surface area contributed by atoms with Crippen LogP contribution < -0.4 is 5.32 Å². The number of ketones is 1. The fraction of sp³-hybridized carbons (Fsp3) is 0.212. The maximum absolute atomic E-state index is 13.7. The molecule has 0 aliphatic rings. The average molecular weight is 534 g/mol. The molecule has 0 fully saturated rings. The van der Waals surface area contributed by atoms with Gasteiger partial charge in [0.25, 0.3) is 0 Å². The Morgan fingerprint density at radius 2 is 1.50 bits per heavy atom. The van der Waals surface area contributed by atoms with Crippen LogP contribution in [0.3, 0.4) is 0 Å². The average Bonchev–Trinajstić information content (AvgIpc) is 3.26. The lowest BCUT2D eigenvalue weighted by Gasteiger charge is -2.14. The number of rotatable bonds is 8. The van der Waals surface area contributed by atoms with E-state index in [2.05, 4.69) is 22.0 Å². The Labute approximate surface area is 232 Å². The SMILES string of the molecule is CCn1c2ccc(C(=O)c3cccc4ccccc34)cc2c2cc(C(CC(C)NC(C)=O)=NOC(C)=O)ccc21. The Balaban J connectivity index is 1.63. The van der Waals surface area contributed by atoms with Crippen LogP contribution in [0.4, 0.5) is 0 Å². The van der Waals surface area contributed by atoms with Gasteiger partial charge < -0.3 is 14.7 Å². The van der Waals surface area contributed by atoms with Crippen molar-refractivity contribution in [1.29, 1.82) is 0 Å². The monoisotopic (exact) mass is 533 g/mol. The third-order valence-electron chi connectivity index (χ3n) is 7.04. The Morgan fingerprint density at radius 1 is 0.850 bits per heavy atom. The van der Waals surface area contributed by atoms with Gasteiger partial charge >= 0.3 is 5.97 Å². The molecule has 7 nitrogen and oxygen atoms in total. The molecule has 5 aromatic rings. The lowest BCUT2D eigenvalue weighted by molar-refractivity contribution is -0.141. The number of nitrogens with one attached hydrogen (secondary N) is 1. The van der Waals surface area contributed by atoms with Crippen molar-refractivity contribution in [2.45, 2.75) is 46.7 Å². The minimum atomic E-state index is -0.523. The highest BCUT2D eigenvalue weighted by Crippen LogP contribution is 2.32. The second-order valence-electron chi connectivity index (χ2n) is 9.99. The van der Waals surface area contributed by atoms with Crippen LogP contribution in [0, 0.1) is 0 Å². The number of fused-ring (bicyclic) bond motifs is 4. The zero-order valence-electron chi connectivity index (χ0n) is 23.0. The molecule has 1 heterocycles. The van der Waals surface area contributed by atoms with E-state index in [-0.39, 0.29) is 17.7 Å². The van der Waals surface area contributed by atoms with Gasteiger partial charge in [-0.05, 0) is 55.0 Å². The molecule has 40 heavy (non-hydrogen) atoms. The quantitative estimate of drug-likeness (QED) is 0.108. The molecule has 0 saturated heterocycles. The normalized spacial score (nSPS) is 12.6. The van der Waals surface area contributed by atoms with Crippen molar-refractivity contribution in [2.75, 3.05) is 0 Å². The summed E-state index contributed by atoms with van der Waals surface area (Å²) in [5, 5.41) is 10.8. The Kier molecular flexibility index (Phi) is 7.47. The topological polar surface area (TPSA) is 89.8 Å². The number of benzene rings is 4. The lowest BCUT2D eigenvalue weighted by Crippen LogP contribution is -2.32. The molecule has 0 bridgehead atoms. The summed E-state index contributed by atoms with van der Waals surface area (Å²) < 4.78 is 2.21. The van der Waals surface area contributed by atoms with Crippen LogP contribution in [0.2, 0.25) is 0 Å². The molecule has 0 spiro atoms. The fourth-order valence-electron chi connectivity index (χ4n) is 5.36. The summed E-state index contributed by atoms with van der Waals surface area (Å²) in [5.74, 6) is -0.706. The zero-order valence-corrected chi connectivity index (χ0v) is 23.0. The third kappa shape index (κ3) is 5.23. The number of nitrogens with zero attached hydrogens (tertiary/aromatic N) is 2. The predicted octanol–water partition coefficient (Wildman–Crippen LogP) is 6.38. The second kappa shape index (κ2) is 11.1. The van der Waals surface area contributed by atoms with Crippen molar-refractivity contribution < 1.29 is 19.2 Å². The van der Waals surface area contributed by atoms with Gasteiger partial charge in [0.05, 0.1) is 5.71 Å². The number of amides is 1. The van der Waals surface area contributed by atoms with Crippen molar-refractivity contribution in [3.05, 3.63) is 95.6 Å². The van der Waals surface area contributed by atoms with Gasteiger partial charge in [0.15, 0.2) is 5.78 Å². The lowest BCUT2D eigenvalue weighted by atomic mass is 9.96. The number of oxime groups is 1. The molecule has 5 rings (SSSR count). The van der Waals surface area contributed by atoms with Crippen LogP contribution in [0.1, 0.15) is 55.6 Å². The van der Waals surface area contributed by atoms with Crippen LogP contribution >= 0.6 is 0 Å². The molecular weight excluding hydrogens is 502 g/mol. The van der Waals surface area contributed by atoms with E-state index < -0.39 is 5.97 Å². The van der Waals surface area contributed by atoms with Crippen LogP contribution in [0.5, 0.6) is 0 Å². The molecular formula is C33H31N3O4. The van der Waals surface area contributed by atoms with E-state index in [9.17, 15) is 14.4 Å². The summed E-state index contributed by atoms with van der Waals surface area (Å²) in [5.41, 5.74) is 4.63. The van der Waals surface area contributed by atoms with Crippen molar-refractivity contribution in [2.24, 2.45) is 5.16 Å². The van der Waals surface area contributed by atoms with Crippen LogP contribution in [-0.4, -0.2) is 34.0 Å². The maximum Gasteiger partial charge on any atom is 0.331 e. The molecule has 1 atom stereocenters. The number of hydrogen-bond acceptors (Lipinski definition) is 5. The summed E-state index contributed by atoms with van der Waals surface area (Å²) in [6.45, 7) is 7.47. The van der Waals surface area contributed by atoms with Gasteiger partial charge in [-0.3, -0.25) is 9.59 Å². The number of aromatic nitrogens is 1. The van der Waals surface area contributed by atoms with Crippen molar-refractivity contribution in [3.8, 4) is 0 Å². The summed E-state index contributed by atoms with van der Waals surface area (Å²) in [7, 11) is 0. The Morgan fingerprint density at radius 3 is 2.17 bits per heavy atom. The van der Waals surface area contributed by atoms with Gasteiger partial charge in [0.2, 0.25) is 5.91 Å². The highest BCUT2D eigenvalue weighted by atomic mass is 16.7. The third-order valence-corrected chi connectivity index (χ3v) is 7.04. The van der Waals surface area contributed by atoms with E-state index in [1.807, 2.05) is 85.8 Å². The van der Waals surface area contributed by atoms with Crippen molar-refractivity contribution in [1.82, 2.24) is 9.88 Å². The first-order chi connectivity index (χ1) is 19.3. The highest BCUT2D eigenvalue weighted by molar-refractivity contribution is 6.19. The second-order valence-corrected chi connectivity index (χ2v) is 9.99. The number of carbonyl (C=O) groups excluding carboxylic acids is 3. The van der Waals surface area contributed by atoms with E-state index >= 15 is 0 Å². The van der Waals surface area contributed by atoms with E-state index in [1.54, 1.807) is 0 Å². The Bertz CT molecular complexity index is 1810. The molecule has 1 amide bonds. The maximum atomic E-state index is 13.7. The minimum absolute atomic E-state index is 0.0338. The van der Waals surface area contributed by atoms with Gasteiger partial charge in [0, 0.05) is 71.4 Å². The Hall–Kier alpha value is -4.78. The van der Waals surface area contributed by atoms with E-state index in [0.29, 0.717) is 23.3 Å². The number of hydrogen-bond donors (Lipinski definition) is 1. The summed E-state index contributed by atoms with van der Waals surface area (Å²) >= 11 is 0. The van der Waals surface area contributed by atoms with Gasteiger partial charge in [-0.1, -0.05) is 53.7 Å². The minimum Gasteiger partial charge on any atom is -0.353 e. The molecule has 202 valence electrons. The first kappa shape index (κ1) is 26.8. The first-order valence-corrected chi connectivity index (χ1v) is 13.4. The fourth-order valence-corrected chi connectivity index (χ4v) is 5.36. The first-order valence-electron chi connectivity index (χ1n) is 13.4. The molecule has 0 saturated carbocycles. The molecule has 1 aromatic heterocycles. The summed E-state index contributed by atoms with van der Waals surface area (Å²) in [6, 6.07) is 25.3. The molecule has 0 aliphatic carbocycles. The largest absolute Gasteiger partial charge is 0.353 e. The summed E-state index contributed by atoms with van der Waals surface area (Å²) in [4.78, 5) is 41.9. The zero-order chi connectivity index (χ0) is 28.4. The van der Waals surface area contributed by atoms with Gasteiger partial charge in [-0.25, -0.2) is 4.79 Å². The van der Waals surface area contributed by atoms with E-state index in [0.717, 1.165) is 44.7 Å². The van der Waals surface area contributed by atoms with E-state index in [4.69, 9.17) is 4.84 Å². The van der Waals surface area contributed by atoms with Gasteiger partial charge in [-0.15, -0.1) is 0 Å². The number of aryl methyl sites for hydroxylation is 1. The molecule has 0 aliphatic heterocycles. The van der Waals surface area contributed by atoms with Gasteiger partial charge in [0.1, 0.15) is 0 Å². The van der Waals surface area contributed by atoms with E-state index in [1.165, 1.54) is 13.8 Å². The van der Waals surface area contributed by atoms with Crippen LogP contribution in [0.15, 0.2) is 84.0 Å². The molecule has 4 aromatic carbocycles. The smallest absolute Gasteiger partial charge is 0.331 e. The van der Waals surface area contributed by atoms with Crippen molar-refractivity contribution in [3.63, 3.8) is 0 Å². The molecule has 1 unspecified atom stereocenters. The molecule has 0 radical (unpaired) electrons. The predicted molar refractivity (Wildman–Crippen MR) is 159 cm³/mol.